The van der Waals surface area contributed by atoms with Crippen LogP contribution in [0.25, 0.3) is 0 Å². The Morgan fingerprint density at radius 3 is 2.58 bits per heavy atom. The lowest BCUT2D eigenvalue weighted by molar-refractivity contribution is 0.414. The Kier molecular flexibility index (Phi) is 9.93. The van der Waals surface area contributed by atoms with E-state index in [1.165, 1.54) is 15.4 Å². The van der Waals surface area contributed by atoms with Crippen molar-refractivity contribution in [1.29, 1.82) is 0 Å². The minimum Gasteiger partial charge on any atom is -0.497 e. The number of aromatic nitrogens is 1. The minimum absolute atomic E-state index is 0. The molecule has 7 heteroatoms. The van der Waals surface area contributed by atoms with E-state index in [0.717, 1.165) is 42.5 Å². The van der Waals surface area contributed by atoms with Gasteiger partial charge in [-0.05, 0) is 51.0 Å². The lowest BCUT2D eigenvalue weighted by atomic mass is 10.1. The highest BCUT2D eigenvalue weighted by Gasteiger charge is 2.04. The van der Waals surface area contributed by atoms with Crippen LogP contribution < -0.4 is 15.4 Å². The highest BCUT2D eigenvalue weighted by Crippen LogP contribution is 2.17. The first-order valence-corrected chi connectivity index (χ1v) is 9.43. The molecule has 1 aromatic heterocycles. The molecule has 0 saturated carbocycles. The first-order valence-electron chi connectivity index (χ1n) is 8.61. The van der Waals surface area contributed by atoms with E-state index in [4.69, 9.17) is 4.74 Å². The zero-order chi connectivity index (χ0) is 18.2. The average molecular weight is 488 g/mol. The highest BCUT2D eigenvalue weighted by molar-refractivity contribution is 14.0. The third-order valence-corrected chi connectivity index (χ3v) is 4.95. The first kappa shape index (κ1) is 22.7. The van der Waals surface area contributed by atoms with E-state index in [-0.39, 0.29) is 24.0 Å². The second-order valence-electron chi connectivity index (χ2n) is 5.98. The molecule has 0 radical (unpaired) electrons. The van der Waals surface area contributed by atoms with Gasteiger partial charge in [0.25, 0.3) is 0 Å². The normalized spacial score (nSPS) is 11.0. The van der Waals surface area contributed by atoms with Crippen LogP contribution in [0.1, 0.15) is 33.6 Å². The number of rotatable bonds is 7. The molecule has 2 rings (SSSR count). The smallest absolute Gasteiger partial charge is 0.191 e. The van der Waals surface area contributed by atoms with Gasteiger partial charge in [0, 0.05) is 24.4 Å². The Morgan fingerprint density at radius 2 is 1.96 bits per heavy atom. The summed E-state index contributed by atoms with van der Waals surface area (Å²) < 4.78 is 5.33. The van der Waals surface area contributed by atoms with Crippen molar-refractivity contribution in [3.8, 4) is 5.75 Å². The van der Waals surface area contributed by atoms with Crippen LogP contribution in [0.4, 0.5) is 0 Å². The zero-order valence-electron chi connectivity index (χ0n) is 16.2. The van der Waals surface area contributed by atoms with Gasteiger partial charge in [0.05, 0.1) is 24.4 Å². The van der Waals surface area contributed by atoms with Gasteiger partial charge in [0.1, 0.15) is 5.75 Å². The predicted molar refractivity (Wildman–Crippen MR) is 121 cm³/mol. The molecule has 0 aliphatic rings. The molecule has 0 spiro atoms. The largest absolute Gasteiger partial charge is 0.497 e. The topological polar surface area (TPSA) is 58.5 Å². The van der Waals surface area contributed by atoms with Crippen LogP contribution in [0, 0.1) is 20.8 Å². The van der Waals surface area contributed by atoms with Crippen molar-refractivity contribution in [1.82, 2.24) is 15.6 Å². The molecule has 0 unspecified atom stereocenters. The summed E-state index contributed by atoms with van der Waals surface area (Å²) in [5.74, 6) is 1.70. The van der Waals surface area contributed by atoms with Crippen LogP contribution in [0.15, 0.2) is 23.2 Å². The summed E-state index contributed by atoms with van der Waals surface area (Å²) in [5, 5.41) is 7.84. The zero-order valence-corrected chi connectivity index (χ0v) is 19.3. The lowest BCUT2D eigenvalue weighted by Gasteiger charge is -2.11. The number of nitrogens with zero attached hydrogens (tertiary/aromatic N) is 2. The van der Waals surface area contributed by atoms with Crippen molar-refractivity contribution in [2.75, 3.05) is 20.2 Å². The number of hydrogen-bond donors (Lipinski definition) is 2. The Balaban J connectivity index is 0.00000338. The van der Waals surface area contributed by atoms with E-state index in [1.54, 1.807) is 18.4 Å². The molecule has 0 bridgehead atoms. The molecule has 0 aliphatic carbocycles. The minimum atomic E-state index is 0. The van der Waals surface area contributed by atoms with E-state index in [0.29, 0.717) is 6.54 Å². The summed E-state index contributed by atoms with van der Waals surface area (Å²) in [4.78, 5) is 10.6. The van der Waals surface area contributed by atoms with Gasteiger partial charge >= 0.3 is 0 Å². The number of guanidine groups is 1. The van der Waals surface area contributed by atoms with Crippen LogP contribution in [-0.4, -0.2) is 31.1 Å². The monoisotopic (exact) mass is 488 g/mol. The number of benzene rings is 1. The van der Waals surface area contributed by atoms with Gasteiger partial charge in [0.2, 0.25) is 0 Å². The molecule has 0 amide bonds. The molecule has 5 nitrogen and oxygen atoms in total. The number of nitrogens with one attached hydrogen (secondary N) is 2. The van der Waals surface area contributed by atoms with Gasteiger partial charge in [0.15, 0.2) is 5.96 Å². The number of thiazole rings is 1. The Bertz CT molecular complexity index is 711. The molecule has 2 N–H and O–H groups in total. The van der Waals surface area contributed by atoms with Gasteiger partial charge < -0.3 is 15.4 Å². The molecule has 0 saturated heterocycles. The fourth-order valence-electron chi connectivity index (χ4n) is 2.48. The second kappa shape index (κ2) is 11.4. The van der Waals surface area contributed by atoms with E-state index in [2.05, 4.69) is 54.4 Å². The fourth-order valence-corrected chi connectivity index (χ4v) is 3.41. The summed E-state index contributed by atoms with van der Waals surface area (Å²) in [6.45, 7) is 10.6. The van der Waals surface area contributed by atoms with Gasteiger partial charge in [-0.2, -0.15) is 0 Å². The summed E-state index contributed by atoms with van der Waals surface area (Å²) >= 11 is 1.77. The Morgan fingerprint density at radius 1 is 1.19 bits per heavy atom. The first-order chi connectivity index (χ1) is 12.0. The van der Waals surface area contributed by atoms with Crippen LogP contribution in [0.5, 0.6) is 5.75 Å². The molecule has 1 heterocycles. The quantitative estimate of drug-likeness (QED) is 0.352. The SMILES string of the molecule is CCNC(=NCc1cc(C)cc(OC)c1)NCCc1nc(C)c(C)s1.I. The van der Waals surface area contributed by atoms with Crippen molar-refractivity contribution in [2.45, 2.75) is 40.7 Å². The van der Waals surface area contributed by atoms with Crippen molar-refractivity contribution in [2.24, 2.45) is 4.99 Å². The lowest BCUT2D eigenvalue weighted by Crippen LogP contribution is -2.38. The standard InChI is InChI=1S/C19H28N4OS.HI/c1-6-20-19(21-8-7-18-23-14(3)15(4)25-18)22-12-16-9-13(2)10-17(11-16)24-5;/h9-11H,6-8,12H2,1-5H3,(H2,20,21,22);1H. The van der Waals surface area contributed by atoms with Gasteiger partial charge in [-0.25, -0.2) is 9.98 Å². The van der Waals surface area contributed by atoms with Crippen molar-refractivity contribution >= 4 is 41.3 Å². The van der Waals surface area contributed by atoms with Crippen LogP contribution >= 0.6 is 35.3 Å². The molecule has 0 fully saturated rings. The third-order valence-electron chi connectivity index (χ3n) is 3.81. The molecular formula is C19H29IN4OS. The molecule has 0 atom stereocenters. The maximum Gasteiger partial charge on any atom is 0.191 e. The van der Waals surface area contributed by atoms with Gasteiger partial charge in [-0.1, -0.05) is 6.07 Å². The molecule has 144 valence electrons. The molecular weight excluding hydrogens is 459 g/mol. The van der Waals surface area contributed by atoms with Crippen LogP contribution in [0.3, 0.4) is 0 Å². The number of ether oxygens (including phenoxy) is 1. The van der Waals surface area contributed by atoms with Gasteiger partial charge in [-0.15, -0.1) is 35.3 Å². The number of aliphatic imine (C=N–C) groups is 1. The van der Waals surface area contributed by atoms with E-state index in [9.17, 15) is 0 Å². The summed E-state index contributed by atoms with van der Waals surface area (Å²) in [7, 11) is 1.69. The maximum absolute atomic E-state index is 5.33. The van der Waals surface area contributed by atoms with E-state index >= 15 is 0 Å². The number of aryl methyl sites for hydroxylation is 3. The van der Waals surface area contributed by atoms with E-state index in [1.807, 2.05) is 12.1 Å². The predicted octanol–water partition coefficient (Wildman–Crippen LogP) is 3.99. The van der Waals surface area contributed by atoms with Crippen molar-refractivity contribution in [3.05, 3.63) is 44.9 Å². The molecule has 2 aromatic rings. The summed E-state index contributed by atoms with van der Waals surface area (Å²) in [6.07, 6.45) is 0.905. The maximum atomic E-state index is 5.33. The van der Waals surface area contributed by atoms with Crippen molar-refractivity contribution in [3.63, 3.8) is 0 Å². The highest BCUT2D eigenvalue weighted by atomic mass is 127. The van der Waals surface area contributed by atoms with E-state index < -0.39 is 0 Å². The molecule has 26 heavy (non-hydrogen) atoms. The molecule has 0 aliphatic heterocycles. The molecule has 1 aromatic carbocycles. The second-order valence-corrected chi connectivity index (χ2v) is 7.27. The third kappa shape index (κ3) is 7.11. The fraction of sp³-hybridized carbons (Fsp3) is 0.474. The summed E-state index contributed by atoms with van der Waals surface area (Å²) in [5.41, 5.74) is 3.45. The number of hydrogen-bond acceptors (Lipinski definition) is 4. The Hall–Kier alpha value is -1.35. The van der Waals surface area contributed by atoms with Crippen LogP contribution in [-0.2, 0) is 13.0 Å². The van der Waals surface area contributed by atoms with Crippen molar-refractivity contribution < 1.29 is 4.74 Å². The number of halogens is 1. The Labute approximate surface area is 177 Å². The average Bonchev–Trinajstić information content (AvgIpc) is 2.90. The van der Waals surface area contributed by atoms with Gasteiger partial charge in [-0.3, -0.25) is 0 Å². The summed E-state index contributed by atoms with van der Waals surface area (Å²) in [6, 6.07) is 6.19. The van der Waals surface area contributed by atoms with Crippen LogP contribution in [0.2, 0.25) is 0 Å². The number of methoxy groups -OCH3 is 1.